The van der Waals surface area contributed by atoms with E-state index in [1.54, 1.807) is 62.4 Å². The molecule has 1 N–H and O–H groups in total. The first-order chi connectivity index (χ1) is 51.1. The van der Waals surface area contributed by atoms with Crippen LogP contribution in [0, 0.1) is 61.2 Å². The first kappa shape index (κ1) is 105. The zero-order valence-electron chi connectivity index (χ0n) is 64.2. The molecule has 0 aliphatic carbocycles. The number of hydrogen-bond acceptors (Lipinski definition) is 26. The lowest BCUT2D eigenvalue weighted by molar-refractivity contribution is -0.122. The molecule has 4 saturated heterocycles. The number of azide groups is 4. The molecule has 4 aliphatic rings. The summed E-state index contributed by atoms with van der Waals surface area (Å²) in [6, 6.07) is 17.9. The Morgan fingerprint density at radius 2 is 0.752 bits per heavy atom. The van der Waals surface area contributed by atoms with E-state index in [0.29, 0.717) is 32.5 Å². The zero-order chi connectivity index (χ0) is 83.4. The molecule has 7 rings (SSSR count). The fraction of sp³-hybridized carbons (Fsp3) is 0.710. The van der Waals surface area contributed by atoms with Crippen LogP contribution in [-0.4, -0.2) is 156 Å². The Balaban J connectivity index is -0.00000127. The molecule has 47 heteroatoms. The second kappa shape index (κ2) is 56.5. The summed E-state index contributed by atoms with van der Waals surface area (Å²) in [6.45, 7) is 34.2. The van der Waals surface area contributed by atoms with Crippen molar-refractivity contribution >= 4 is 155 Å². The highest BCUT2D eigenvalue weighted by Gasteiger charge is 2.43. The highest BCUT2D eigenvalue weighted by molar-refractivity contribution is 8.64. The Bertz CT molecular complexity index is 3960. The van der Waals surface area contributed by atoms with Crippen molar-refractivity contribution in [2.24, 2.45) is 67.8 Å². The van der Waals surface area contributed by atoms with Crippen molar-refractivity contribution in [2.75, 3.05) is 33.5 Å². The fourth-order valence-electron chi connectivity index (χ4n) is 10.9. The van der Waals surface area contributed by atoms with E-state index in [9.17, 15) is 29.1 Å². The quantitative estimate of drug-likeness (QED) is 0.0340. The number of hydrogen-bond donors (Lipinski definition) is 1. The van der Waals surface area contributed by atoms with Gasteiger partial charge in [-0.05, 0) is 182 Å². The van der Waals surface area contributed by atoms with Gasteiger partial charge < -0.3 is 45.8 Å². The molecule has 109 heavy (non-hydrogen) atoms. The molecule has 0 spiro atoms. The highest BCUT2D eigenvalue weighted by Crippen LogP contribution is 2.37. The topological polar surface area (TPSA) is 419 Å². The van der Waals surface area contributed by atoms with Crippen LogP contribution in [0.15, 0.2) is 93.3 Å². The van der Waals surface area contributed by atoms with Crippen LogP contribution in [0.5, 0.6) is 23.0 Å². The summed E-state index contributed by atoms with van der Waals surface area (Å²) < 4.78 is 149. The second-order valence-corrected chi connectivity index (χ2v) is 45.9. The van der Waals surface area contributed by atoms with Gasteiger partial charge in [0.15, 0.2) is 8.32 Å². The Kier molecular flexibility index (Phi) is 54.6. The van der Waals surface area contributed by atoms with E-state index in [1.165, 1.54) is 93.5 Å². The van der Waals surface area contributed by atoms with Crippen molar-refractivity contribution in [3.8, 4) is 23.0 Å². The third-order valence-electron chi connectivity index (χ3n) is 17.5. The van der Waals surface area contributed by atoms with Crippen molar-refractivity contribution in [1.29, 1.82) is 2.67 Å². The Labute approximate surface area is 689 Å². The molecule has 30 nitrogen and oxygen atoms in total. The number of ether oxygens (including phenoxy) is 5. The molecule has 20 atom stereocenters. The van der Waals surface area contributed by atoms with Gasteiger partial charge in [0, 0.05) is 127 Å². The molecular formula is C62H105BFN12O18S14Si. The predicted octanol–water partition coefficient (Wildman–Crippen LogP) is 13.7. The maximum atomic E-state index is 12.0. The number of aryl methyl sites for hydroxylation is 2. The van der Waals surface area contributed by atoms with E-state index in [-0.39, 0.29) is 148 Å². The van der Waals surface area contributed by atoms with Crippen LogP contribution in [0.3, 0.4) is 0 Å². The van der Waals surface area contributed by atoms with Gasteiger partial charge >= 0.3 is 31.3 Å². The summed E-state index contributed by atoms with van der Waals surface area (Å²) in [5.74, 6) is 1.92. The summed E-state index contributed by atoms with van der Waals surface area (Å²) in [5.41, 5.74) is 36.3. The van der Waals surface area contributed by atoms with Gasteiger partial charge in [-0.1, -0.05) is 130 Å². The molecule has 3 aromatic carbocycles. The predicted molar refractivity (Wildman–Crippen MR) is 459 cm³/mol. The molecule has 3 aromatic rings. The number of halogens is 1. The van der Waals surface area contributed by atoms with Gasteiger partial charge in [0.05, 0.1) is 115 Å². The van der Waals surface area contributed by atoms with Gasteiger partial charge in [-0.15, -0.1) is 0 Å². The number of aliphatic hydroxyl groups is 1. The summed E-state index contributed by atoms with van der Waals surface area (Å²) in [6.07, 6.45) is -1.71. The van der Waals surface area contributed by atoms with Gasteiger partial charge in [0.25, 0.3) is 0 Å². The van der Waals surface area contributed by atoms with Gasteiger partial charge in [-0.25, -0.2) is 8.37 Å². The molecule has 0 bridgehead atoms. The van der Waals surface area contributed by atoms with E-state index in [1.807, 2.05) is 69.2 Å². The third kappa shape index (κ3) is 42.5. The van der Waals surface area contributed by atoms with Crippen LogP contribution in [0.1, 0.15) is 109 Å². The van der Waals surface area contributed by atoms with Crippen molar-refractivity contribution < 1.29 is 83.3 Å². The minimum Gasteiger partial charge on any atom is -0.497 e. The standard InChI is InChI=1S/2C16H23N3O5S.C12H25N3O2Si.C9H17N3O2.C7H7FO4S.2CH4.BH2.S6.S5/c2*1-10-5-7-14(8-6-10)24-25(20,21)22-9-15-11(2)12(3)16(18-19-17)13(4)23-15;1-8-9(2)12(14-15-13)10(3)17-11(8)7-16-18(4,5)6;1-5-6(2)9(11-12-10)7(3)14-8(5)4-13;1-11-6-2-4-7(5-3-6)12-13(8,9)10;;;;1-3-5-6-4-2;1-3-5-4-2/h2*5-8,11-13,15-16H,9H2,1-4H3;8-12H,7H2,1-6H3;5-9,13H,4H2,1-3H3;2-5H,1H3;2*1H4;1H2;;/t2*11-,12-,13-,15?,16?;8-,9-,10-,11?,12?;5-,6-,7-,8?,9?;;;;;;/m0000....../s1/i;;;;;;;1TD;;. The molecule has 4 fully saturated rings. The van der Waals surface area contributed by atoms with Crippen LogP contribution in [0.2, 0.25) is 19.6 Å². The maximum Gasteiger partial charge on any atom is 0.488 e. The molecule has 0 amide bonds. The van der Waals surface area contributed by atoms with Crippen molar-refractivity contribution in [3.63, 3.8) is 0 Å². The van der Waals surface area contributed by atoms with Gasteiger partial charge in [-0.3, -0.25) is 0 Å². The van der Waals surface area contributed by atoms with E-state index in [2.05, 4.69) is 123 Å². The number of benzene rings is 3. The average molecular weight is 1820 g/mol. The number of nitrogens with zero attached hydrogens (tertiary/aromatic N) is 12. The van der Waals surface area contributed by atoms with Crippen molar-refractivity contribution in [1.82, 2.24) is 0 Å². The van der Waals surface area contributed by atoms with Gasteiger partial charge in [0.1, 0.15) is 23.0 Å². The molecule has 0 saturated carbocycles. The Hall–Kier alpha value is -3.74. The molecule has 4 aliphatic heterocycles. The first-order valence-electron chi connectivity index (χ1n) is 33.6. The molecule has 4 heterocycles. The lowest BCUT2D eigenvalue weighted by Crippen LogP contribution is -2.49. The fourth-order valence-corrected chi connectivity index (χ4v) is 21.6. The highest BCUT2D eigenvalue weighted by atomic mass is 33.3. The summed E-state index contributed by atoms with van der Waals surface area (Å²) in [4.78, 5) is 11.5. The van der Waals surface area contributed by atoms with Gasteiger partial charge in [-0.2, -0.15) is 25.3 Å². The lowest BCUT2D eigenvalue weighted by atomic mass is 9.81. The summed E-state index contributed by atoms with van der Waals surface area (Å²) >= 11 is 17.9. The Morgan fingerprint density at radius 1 is 0.495 bits per heavy atom. The molecule has 1 radical (unpaired) electrons. The zero-order valence-corrected chi connectivity index (χ0v) is 74.7. The minimum atomic E-state index is -4.94. The minimum absolute atomic E-state index is 0. The van der Waals surface area contributed by atoms with Crippen LogP contribution in [0.25, 0.3) is 41.8 Å². The number of rotatable bonds is 21. The lowest BCUT2D eigenvalue weighted by Gasteiger charge is -2.42. The summed E-state index contributed by atoms with van der Waals surface area (Å²) in [7, 11) is -3.29. The SMILES string of the molecule is C.C.COc1ccc(OS(=O)(=O)F)cc1.C[C@@H]1OC(CO)[C@@H](C)[C@H](C)C1N=[N+]=[N-].C[C@@H]1OC(CO[Si](C)(C)C)[C@@H](C)[C@H](C)C1N=[N+]=[N-].Cc1ccc(OS(=O)(=O)OCC2O[C@@H](C)C(N=[N+]=[N-])[C@@H](C)[C@@H]2C)cc1.Cc1ccc(OS(=O)(=O)OCC2O[C@@H](C)C(N=[N+]=[N-])[C@@H](C)[C@@H]2C)cc1.S=S=S=S=S.S=S=S=S=S=S.[2H][B][3H]. The monoisotopic (exact) mass is 1810 g/mol. The van der Waals surface area contributed by atoms with E-state index in [4.69, 9.17) is 74.7 Å². The summed E-state index contributed by atoms with van der Waals surface area (Å²) in [5, 5.41) is 24.2. The largest absolute Gasteiger partial charge is 0.497 e. The molecular weight excluding hydrogens is 1710 g/mol. The number of methoxy groups -OCH3 is 1. The van der Waals surface area contributed by atoms with E-state index in [0.717, 1.165) is 11.1 Å². The van der Waals surface area contributed by atoms with Gasteiger partial charge in [0.2, 0.25) is 0 Å². The van der Waals surface area contributed by atoms with E-state index >= 15 is 0 Å². The molecule has 619 valence electrons. The third-order valence-corrected chi connectivity index (χ3v) is 31.7. The Morgan fingerprint density at radius 3 is 1.00 bits per heavy atom. The van der Waals surface area contributed by atoms with Crippen molar-refractivity contribution in [3.05, 3.63) is 126 Å². The molecule has 8 unspecified atom stereocenters. The average Bonchev–Trinajstić information content (AvgIpc) is 0.843. The normalized spacial score (nSPS) is 27.3. The molecule has 0 aromatic heterocycles. The first-order valence-corrected chi connectivity index (χ1v) is 51.9. The smallest absolute Gasteiger partial charge is 0.488 e. The second-order valence-electron chi connectivity index (χ2n) is 25.6. The van der Waals surface area contributed by atoms with Crippen LogP contribution in [0.4, 0.5) is 3.89 Å². The van der Waals surface area contributed by atoms with Crippen molar-refractivity contribution in [2.45, 2.75) is 204 Å². The van der Waals surface area contributed by atoms with Crippen LogP contribution in [-0.2, 0) is 170 Å². The maximum absolute atomic E-state index is 12.0. The van der Waals surface area contributed by atoms with Crippen LogP contribution < -0.4 is 17.3 Å². The number of aliphatic hydroxyl groups excluding tert-OH is 1. The van der Waals surface area contributed by atoms with Crippen LogP contribution >= 0.6 is 0 Å². The van der Waals surface area contributed by atoms with E-state index < -0.39 is 51.8 Å².